The van der Waals surface area contributed by atoms with Gasteiger partial charge in [0.1, 0.15) is 12.4 Å². The van der Waals surface area contributed by atoms with Gasteiger partial charge >= 0.3 is 0 Å². The number of hydrogen-bond donors (Lipinski definition) is 1. The molecule has 2 aliphatic rings. The Balaban J connectivity index is 1.44. The molecule has 29 heavy (non-hydrogen) atoms. The third-order valence-corrected chi connectivity index (χ3v) is 6.19. The number of fused-ring (bicyclic) bond motifs is 1. The van der Waals surface area contributed by atoms with Crippen molar-refractivity contribution < 1.29 is 19.1 Å². The topological polar surface area (TPSA) is 78.7 Å². The fourth-order valence-electron chi connectivity index (χ4n) is 4.59. The lowest BCUT2D eigenvalue weighted by Crippen LogP contribution is -2.41. The normalized spacial score (nSPS) is 23.5. The molecule has 2 aliphatic heterocycles. The van der Waals surface area contributed by atoms with Crippen molar-refractivity contribution in [3.8, 4) is 0 Å². The van der Waals surface area contributed by atoms with E-state index >= 15 is 0 Å². The molecule has 1 N–H and O–H groups in total. The number of aryl methyl sites for hydroxylation is 2. The van der Waals surface area contributed by atoms with E-state index in [4.69, 9.17) is 0 Å². The molecule has 2 amide bonds. The van der Waals surface area contributed by atoms with Gasteiger partial charge in [-0.25, -0.2) is 4.39 Å². The van der Waals surface area contributed by atoms with Crippen molar-refractivity contribution in [3.63, 3.8) is 0 Å². The number of carbonyl (C=O) groups excluding carboxylic acids is 2. The van der Waals surface area contributed by atoms with E-state index in [1.54, 1.807) is 14.5 Å². The van der Waals surface area contributed by atoms with Gasteiger partial charge < -0.3 is 14.9 Å². The number of nitrogens with zero attached hydrogens (tertiary/aromatic N) is 4. The molecular formula is C21H25FN4O3. The number of hydrogen-bond acceptors (Lipinski definition) is 4. The third-order valence-electron chi connectivity index (χ3n) is 6.19. The van der Waals surface area contributed by atoms with E-state index in [1.165, 1.54) is 24.3 Å². The molecule has 8 heteroatoms. The maximum absolute atomic E-state index is 13.1. The van der Waals surface area contributed by atoms with Crippen LogP contribution < -0.4 is 0 Å². The van der Waals surface area contributed by atoms with E-state index in [-0.39, 0.29) is 36.7 Å². The van der Waals surface area contributed by atoms with Crippen LogP contribution in [-0.2, 0) is 11.3 Å². The summed E-state index contributed by atoms with van der Waals surface area (Å²) in [6.45, 7) is 5.67. The highest BCUT2D eigenvalue weighted by atomic mass is 19.1. The van der Waals surface area contributed by atoms with Crippen LogP contribution in [0.25, 0.3) is 0 Å². The van der Waals surface area contributed by atoms with Gasteiger partial charge in [0.15, 0.2) is 0 Å². The SMILES string of the molecule is Cc1cc(C)n(CC(=O)N2C[C@H]3CN(C(=O)c4ccc(F)cc4)C[C@@]3(CO)C2)n1. The zero-order chi connectivity index (χ0) is 20.8. The molecule has 0 spiro atoms. The average molecular weight is 400 g/mol. The van der Waals surface area contributed by atoms with Gasteiger partial charge in [0, 0.05) is 48.8 Å². The number of carbonyl (C=O) groups is 2. The molecule has 0 bridgehead atoms. The van der Waals surface area contributed by atoms with Crippen LogP contribution in [0.5, 0.6) is 0 Å². The summed E-state index contributed by atoms with van der Waals surface area (Å²) in [4.78, 5) is 29.1. The van der Waals surface area contributed by atoms with Gasteiger partial charge in [0.05, 0.1) is 12.3 Å². The summed E-state index contributed by atoms with van der Waals surface area (Å²) in [5.41, 5.74) is 1.72. The Bertz CT molecular complexity index is 942. The molecule has 3 heterocycles. The Morgan fingerprint density at radius 2 is 1.83 bits per heavy atom. The lowest BCUT2D eigenvalue weighted by molar-refractivity contribution is -0.131. The second-order valence-corrected chi connectivity index (χ2v) is 8.27. The number of aliphatic hydroxyl groups excluding tert-OH is 1. The van der Waals surface area contributed by atoms with Crippen LogP contribution in [0.2, 0.25) is 0 Å². The maximum Gasteiger partial charge on any atom is 0.253 e. The van der Waals surface area contributed by atoms with E-state index in [2.05, 4.69) is 5.10 Å². The van der Waals surface area contributed by atoms with E-state index in [0.29, 0.717) is 31.7 Å². The van der Waals surface area contributed by atoms with Crippen molar-refractivity contribution in [1.29, 1.82) is 0 Å². The molecule has 1 aromatic carbocycles. The summed E-state index contributed by atoms with van der Waals surface area (Å²) in [5, 5.41) is 14.5. The van der Waals surface area contributed by atoms with Gasteiger partial charge in [-0.3, -0.25) is 14.3 Å². The minimum absolute atomic E-state index is 0.0151. The molecule has 0 aliphatic carbocycles. The van der Waals surface area contributed by atoms with Crippen LogP contribution in [0.1, 0.15) is 21.7 Å². The first-order chi connectivity index (χ1) is 13.8. The van der Waals surface area contributed by atoms with Crippen molar-refractivity contribution in [2.24, 2.45) is 11.3 Å². The van der Waals surface area contributed by atoms with Gasteiger partial charge in [-0.2, -0.15) is 5.10 Å². The Kier molecular flexibility index (Phi) is 4.90. The van der Waals surface area contributed by atoms with Gasteiger partial charge in [0.25, 0.3) is 5.91 Å². The number of rotatable bonds is 4. The van der Waals surface area contributed by atoms with Gasteiger partial charge in [-0.1, -0.05) is 0 Å². The lowest BCUT2D eigenvalue weighted by atomic mass is 9.82. The van der Waals surface area contributed by atoms with Gasteiger partial charge in [-0.05, 0) is 44.2 Å². The minimum Gasteiger partial charge on any atom is -0.396 e. The van der Waals surface area contributed by atoms with Crippen molar-refractivity contribution in [2.75, 3.05) is 32.8 Å². The number of amides is 2. The van der Waals surface area contributed by atoms with Crippen LogP contribution in [0.4, 0.5) is 4.39 Å². The molecule has 2 fully saturated rings. The lowest BCUT2D eigenvalue weighted by Gasteiger charge is -2.27. The summed E-state index contributed by atoms with van der Waals surface area (Å²) in [6.07, 6.45) is 0. The summed E-state index contributed by atoms with van der Waals surface area (Å²) < 4.78 is 14.8. The first kappa shape index (κ1) is 19.6. The molecule has 2 saturated heterocycles. The zero-order valence-electron chi connectivity index (χ0n) is 16.6. The van der Waals surface area contributed by atoms with E-state index in [0.717, 1.165) is 11.4 Å². The number of halogens is 1. The summed E-state index contributed by atoms with van der Waals surface area (Å²) in [7, 11) is 0. The van der Waals surface area contributed by atoms with Crippen LogP contribution in [0.3, 0.4) is 0 Å². The van der Waals surface area contributed by atoms with Crippen molar-refractivity contribution >= 4 is 11.8 Å². The first-order valence-electron chi connectivity index (χ1n) is 9.76. The Morgan fingerprint density at radius 1 is 1.17 bits per heavy atom. The average Bonchev–Trinajstić information content (AvgIpc) is 3.32. The van der Waals surface area contributed by atoms with E-state index < -0.39 is 5.41 Å². The number of aliphatic hydroxyl groups is 1. The second-order valence-electron chi connectivity index (χ2n) is 8.27. The highest BCUT2D eigenvalue weighted by Gasteiger charge is 2.54. The fourth-order valence-corrected chi connectivity index (χ4v) is 4.59. The molecule has 0 saturated carbocycles. The minimum atomic E-state index is -0.513. The largest absolute Gasteiger partial charge is 0.396 e. The highest BCUT2D eigenvalue weighted by Crippen LogP contribution is 2.42. The van der Waals surface area contributed by atoms with Gasteiger partial charge in [0.2, 0.25) is 5.91 Å². The molecule has 2 aromatic rings. The van der Waals surface area contributed by atoms with Crippen LogP contribution >= 0.6 is 0 Å². The fraction of sp³-hybridized carbons (Fsp3) is 0.476. The molecule has 1 aromatic heterocycles. The monoisotopic (exact) mass is 400 g/mol. The number of aromatic nitrogens is 2. The quantitative estimate of drug-likeness (QED) is 0.838. The molecule has 2 atom stereocenters. The smallest absolute Gasteiger partial charge is 0.253 e. The highest BCUT2D eigenvalue weighted by molar-refractivity contribution is 5.94. The Hall–Kier alpha value is -2.74. The summed E-state index contributed by atoms with van der Waals surface area (Å²) >= 11 is 0. The van der Waals surface area contributed by atoms with Crippen LogP contribution in [0, 0.1) is 31.0 Å². The first-order valence-corrected chi connectivity index (χ1v) is 9.76. The van der Waals surface area contributed by atoms with E-state index in [9.17, 15) is 19.1 Å². The third kappa shape index (κ3) is 3.53. The number of likely N-dealkylation sites (tertiary alicyclic amines) is 2. The van der Waals surface area contributed by atoms with Crippen molar-refractivity contribution in [2.45, 2.75) is 20.4 Å². The maximum atomic E-state index is 13.1. The standard InChI is InChI=1S/C21H25FN4O3/c1-14-7-15(2)26(23-14)10-19(28)24-8-17-9-25(12-21(17,11-24)13-27)20(29)16-3-5-18(22)6-4-16/h3-7,17,27H,8-13H2,1-2H3/t17-,21+/m0/s1. The van der Waals surface area contributed by atoms with Gasteiger partial charge in [-0.15, -0.1) is 0 Å². The number of benzene rings is 1. The Labute approximate surface area is 168 Å². The van der Waals surface area contributed by atoms with Crippen molar-refractivity contribution in [3.05, 3.63) is 53.1 Å². The Morgan fingerprint density at radius 3 is 2.41 bits per heavy atom. The van der Waals surface area contributed by atoms with Crippen LogP contribution in [0.15, 0.2) is 30.3 Å². The molecule has 4 rings (SSSR count). The van der Waals surface area contributed by atoms with Crippen LogP contribution in [-0.4, -0.2) is 69.3 Å². The summed E-state index contributed by atoms with van der Waals surface area (Å²) in [5.74, 6) is -0.577. The summed E-state index contributed by atoms with van der Waals surface area (Å²) in [6, 6.07) is 7.42. The molecule has 154 valence electrons. The van der Waals surface area contributed by atoms with E-state index in [1.807, 2.05) is 19.9 Å². The molecular weight excluding hydrogens is 375 g/mol. The molecule has 7 nitrogen and oxygen atoms in total. The van der Waals surface area contributed by atoms with Crippen molar-refractivity contribution in [1.82, 2.24) is 19.6 Å². The second kappa shape index (κ2) is 7.26. The zero-order valence-corrected chi connectivity index (χ0v) is 16.6. The predicted molar refractivity (Wildman–Crippen MR) is 104 cm³/mol. The predicted octanol–water partition coefficient (Wildman–Crippen LogP) is 1.23. The molecule has 0 radical (unpaired) electrons. The molecule has 0 unspecified atom stereocenters.